The highest BCUT2D eigenvalue weighted by molar-refractivity contribution is 9.10. The lowest BCUT2D eigenvalue weighted by Gasteiger charge is -2.32. The van der Waals surface area contributed by atoms with Crippen molar-refractivity contribution >= 4 is 33.7 Å². The van der Waals surface area contributed by atoms with E-state index in [1.54, 1.807) is 24.9 Å². The van der Waals surface area contributed by atoms with Gasteiger partial charge in [-0.2, -0.15) is 0 Å². The van der Waals surface area contributed by atoms with Crippen LogP contribution in [0.15, 0.2) is 16.7 Å². The molecule has 2 amide bonds. The zero-order chi connectivity index (χ0) is 19.3. The lowest BCUT2D eigenvalue weighted by molar-refractivity contribution is -0.151. The van der Waals surface area contributed by atoms with Crippen LogP contribution in [0.25, 0.3) is 0 Å². The number of ether oxygens (including phenoxy) is 1. The number of carbonyl (C=O) groups is 3. The molecular formula is C18H26BrN3O4. The number of likely N-dealkylation sites (tertiary alicyclic amines) is 1. The van der Waals surface area contributed by atoms with E-state index in [4.69, 9.17) is 4.74 Å². The highest BCUT2D eigenvalue weighted by Gasteiger charge is 2.30. The monoisotopic (exact) mass is 427 g/mol. The number of nitrogens with zero attached hydrogens (tertiary/aromatic N) is 3. The van der Waals surface area contributed by atoms with E-state index in [2.05, 4.69) is 15.9 Å². The molecule has 2 rings (SSSR count). The van der Waals surface area contributed by atoms with Gasteiger partial charge in [0, 0.05) is 37.4 Å². The molecule has 1 aromatic heterocycles. The van der Waals surface area contributed by atoms with Gasteiger partial charge in [0.25, 0.3) is 5.91 Å². The Hall–Kier alpha value is -1.83. The Morgan fingerprint density at radius 2 is 2.08 bits per heavy atom. The molecule has 26 heavy (non-hydrogen) atoms. The number of rotatable bonds is 6. The largest absolute Gasteiger partial charge is 0.466 e. The molecule has 2 heterocycles. The Morgan fingerprint density at radius 3 is 2.73 bits per heavy atom. The van der Waals surface area contributed by atoms with Crippen LogP contribution in [-0.2, 0) is 20.9 Å². The second-order valence-electron chi connectivity index (χ2n) is 6.42. The highest BCUT2D eigenvalue weighted by Crippen LogP contribution is 2.19. The van der Waals surface area contributed by atoms with Gasteiger partial charge in [0.2, 0.25) is 5.91 Å². The van der Waals surface area contributed by atoms with E-state index >= 15 is 0 Å². The van der Waals surface area contributed by atoms with Gasteiger partial charge in [0.15, 0.2) is 0 Å². The Morgan fingerprint density at radius 1 is 1.35 bits per heavy atom. The Kier molecular flexibility index (Phi) is 7.25. The molecule has 0 bridgehead atoms. The summed E-state index contributed by atoms with van der Waals surface area (Å²) in [5.74, 6) is -0.879. The SMILES string of the molecule is CCOC(=O)C1CCCN(C(=O)CN(C)C(=O)c2cc(Br)cn2CC)C1. The normalized spacial score (nSPS) is 17.1. The number of likely N-dealkylation sites (N-methyl/N-ethyl adjacent to an activating group) is 1. The molecule has 1 aromatic rings. The number of hydrogen-bond donors (Lipinski definition) is 0. The minimum absolute atomic E-state index is 0.0130. The number of amides is 2. The van der Waals surface area contributed by atoms with E-state index in [1.165, 1.54) is 4.90 Å². The standard InChI is InChI=1S/C18H26BrN3O4/c1-4-21-11-14(19)9-15(21)17(24)20(3)12-16(23)22-8-6-7-13(10-22)18(25)26-5-2/h9,11,13H,4-8,10,12H2,1-3H3. The first kappa shape index (κ1) is 20.5. The van der Waals surface area contributed by atoms with Crippen LogP contribution in [0.5, 0.6) is 0 Å². The lowest BCUT2D eigenvalue weighted by atomic mass is 9.98. The number of carbonyl (C=O) groups excluding carboxylic acids is 3. The maximum absolute atomic E-state index is 12.7. The smallest absolute Gasteiger partial charge is 0.310 e. The Balaban J connectivity index is 1.97. The first-order valence-corrected chi connectivity index (χ1v) is 9.72. The van der Waals surface area contributed by atoms with Gasteiger partial charge in [-0.05, 0) is 48.7 Å². The third-order valence-corrected chi connectivity index (χ3v) is 4.97. The summed E-state index contributed by atoms with van der Waals surface area (Å²) in [4.78, 5) is 40.2. The maximum Gasteiger partial charge on any atom is 0.310 e. The van der Waals surface area contributed by atoms with Crippen LogP contribution >= 0.6 is 15.9 Å². The molecule has 0 radical (unpaired) electrons. The molecule has 1 saturated heterocycles. The van der Waals surface area contributed by atoms with Gasteiger partial charge in [-0.1, -0.05) is 0 Å². The molecule has 0 spiro atoms. The van der Waals surface area contributed by atoms with Crippen LogP contribution in [0.1, 0.15) is 37.2 Å². The van der Waals surface area contributed by atoms with Crippen LogP contribution in [0.3, 0.4) is 0 Å². The summed E-state index contributed by atoms with van der Waals surface area (Å²) in [6.45, 7) is 5.69. The Labute approximate surface area is 162 Å². The molecule has 1 atom stereocenters. The first-order valence-electron chi connectivity index (χ1n) is 8.92. The Bertz CT molecular complexity index is 673. The van der Waals surface area contributed by atoms with Gasteiger partial charge in [-0.25, -0.2) is 0 Å². The number of hydrogen-bond acceptors (Lipinski definition) is 4. The van der Waals surface area contributed by atoms with Crippen LogP contribution in [0, 0.1) is 5.92 Å². The minimum atomic E-state index is -0.276. The topological polar surface area (TPSA) is 71.8 Å². The summed E-state index contributed by atoms with van der Waals surface area (Å²) < 4.78 is 7.73. The van der Waals surface area contributed by atoms with E-state index in [0.717, 1.165) is 17.3 Å². The fourth-order valence-electron chi connectivity index (χ4n) is 3.14. The van der Waals surface area contributed by atoms with Crippen molar-refractivity contribution in [3.8, 4) is 0 Å². The van der Waals surface area contributed by atoms with Gasteiger partial charge >= 0.3 is 5.97 Å². The van der Waals surface area contributed by atoms with Gasteiger partial charge in [-0.15, -0.1) is 0 Å². The molecule has 8 heteroatoms. The van der Waals surface area contributed by atoms with E-state index < -0.39 is 0 Å². The quantitative estimate of drug-likeness (QED) is 0.651. The number of aromatic nitrogens is 1. The van der Waals surface area contributed by atoms with Crippen molar-refractivity contribution in [1.82, 2.24) is 14.4 Å². The third-order valence-electron chi connectivity index (χ3n) is 4.54. The molecule has 7 nitrogen and oxygen atoms in total. The molecule has 1 fully saturated rings. The first-order chi connectivity index (χ1) is 12.4. The average Bonchev–Trinajstić information content (AvgIpc) is 3.02. The zero-order valence-electron chi connectivity index (χ0n) is 15.5. The number of esters is 1. The van der Waals surface area contributed by atoms with Crippen molar-refractivity contribution in [2.45, 2.75) is 33.2 Å². The second kappa shape index (κ2) is 9.21. The number of piperidine rings is 1. The summed E-state index contributed by atoms with van der Waals surface area (Å²) in [5.41, 5.74) is 0.540. The molecule has 1 unspecified atom stereocenters. The molecule has 1 aliphatic rings. The predicted octanol–water partition coefficient (Wildman–Crippen LogP) is 2.14. The van der Waals surface area contributed by atoms with Crippen LogP contribution < -0.4 is 0 Å². The molecule has 0 aliphatic carbocycles. The fourth-order valence-corrected chi connectivity index (χ4v) is 3.61. The average molecular weight is 428 g/mol. The maximum atomic E-state index is 12.7. The van der Waals surface area contributed by atoms with Crippen LogP contribution in [0.4, 0.5) is 0 Å². The summed E-state index contributed by atoms with van der Waals surface area (Å²) in [5, 5.41) is 0. The number of aryl methyl sites for hydroxylation is 1. The van der Waals surface area contributed by atoms with Crippen molar-refractivity contribution in [3.63, 3.8) is 0 Å². The van der Waals surface area contributed by atoms with Crippen LogP contribution in [-0.4, -0.2) is 65.4 Å². The summed E-state index contributed by atoms with van der Waals surface area (Å²) in [7, 11) is 1.62. The van der Waals surface area contributed by atoms with Crippen molar-refractivity contribution in [2.75, 3.05) is 33.3 Å². The molecule has 0 saturated carbocycles. The minimum Gasteiger partial charge on any atom is -0.466 e. The summed E-state index contributed by atoms with van der Waals surface area (Å²) in [6, 6.07) is 1.75. The molecule has 0 aromatic carbocycles. The van der Waals surface area contributed by atoms with E-state index in [9.17, 15) is 14.4 Å². The van der Waals surface area contributed by atoms with E-state index in [1.807, 2.05) is 17.7 Å². The van der Waals surface area contributed by atoms with E-state index in [0.29, 0.717) is 31.9 Å². The lowest BCUT2D eigenvalue weighted by Crippen LogP contribution is -2.47. The van der Waals surface area contributed by atoms with Gasteiger partial charge < -0.3 is 19.1 Å². The van der Waals surface area contributed by atoms with Gasteiger partial charge in [-0.3, -0.25) is 14.4 Å². The summed E-state index contributed by atoms with van der Waals surface area (Å²) >= 11 is 3.38. The number of halogens is 1. The van der Waals surface area contributed by atoms with E-state index in [-0.39, 0.29) is 30.2 Å². The van der Waals surface area contributed by atoms with Crippen molar-refractivity contribution in [1.29, 1.82) is 0 Å². The third kappa shape index (κ3) is 4.87. The zero-order valence-corrected chi connectivity index (χ0v) is 17.1. The highest BCUT2D eigenvalue weighted by atomic mass is 79.9. The van der Waals surface area contributed by atoms with Crippen molar-refractivity contribution < 1.29 is 19.1 Å². The van der Waals surface area contributed by atoms with Gasteiger partial charge in [0.05, 0.1) is 19.1 Å². The fraction of sp³-hybridized carbons (Fsp3) is 0.611. The van der Waals surface area contributed by atoms with Crippen molar-refractivity contribution in [2.24, 2.45) is 5.92 Å². The van der Waals surface area contributed by atoms with Gasteiger partial charge in [0.1, 0.15) is 5.69 Å². The molecule has 144 valence electrons. The molecular weight excluding hydrogens is 402 g/mol. The predicted molar refractivity (Wildman–Crippen MR) is 101 cm³/mol. The van der Waals surface area contributed by atoms with Crippen molar-refractivity contribution in [3.05, 3.63) is 22.4 Å². The molecule has 0 N–H and O–H groups in total. The second-order valence-corrected chi connectivity index (χ2v) is 7.34. The van der Waals surface area contributed by atoms with Crippen LogP contribution in [0.2, 0.25) is 0 Å². The summed E-state index contributed by atoms with van der Waals surface area (Å²) in [6.07, 6.45) is 3.34. The molecule has 1 aliphatic heterocycles.